The van der Waals surface area contributed by atoms with Crippen LogP contribution in [0.25, 0.3) is 11.2 Å². The Labute approximate surface area is 214 Å². The molecular weight excluding hydrogens is 538 g/mol. The third kappa shape index (κ3) is 6.15. The average Bonchev–Trinajstić information content (AvgIpc) is 3.40. The number of fused-ring (bicyclic) bond motifs is 1. The van der Waals surface area contributed by atoms with E-state index in [4.69, 9.17) is 18.9 Å². The van der Waals surface area contributed by atoms with Gasteiger partial charge in [0.05, 0.1) is 6.33 Å². The predicted octanol–water partition coefficient (Wildman–Crippen LogP) is 2.91. The van der Waals surface area contributed by atoms with Crippen molar-refractivity contribution in [3.05, 3.63) is 40.6 Å². The van der Waals surface area contributed by atoms with Crippen molar-refractivity contribution in [1.29, 1.82) is 0 Å². The van der Waals surface area contributed by atoms with Crippen molar-refractivity contribution in [1.82, 2.24) is 19.5 Å². The Kier molecular flexibility index (Phi) is 7.79. The molecule has 0 saturated carbocycles. The molecule has 0 aliphatic carbocycles. The number of esters is 2. The molecular formula is C23H24BrN5O7. The Bertz CT molecular complexity index is 1280. The molecule has 1 aliphatic heterocycles. The third-order valence-corrected chi connectivity index (χ3v) is 5.75. The predicted molar refractivity (Wildman–Crippen MR) is 129 cm³/mol. The van der Waals surface area contributed by atoms with Crippen molar-refractivity contribution in [3.63, 3.8) is 0 Å². The summed E-state index contributed by atoms with van der Waals surface area (Å²) in [5.74, 6) is -1.10. The molecule has 1 fully saturated rings. The van der Waals surface area contributed by atoms with Crippen molar-refractivity contribution in [2.75, 3.05) is 11.9 Å². The van der Waals surface area contributed by atoms with Gasteiger partial charge >= 0.3 is 11.9 Å². The zero-order valence-electron chi connectivity index (χ0n) is 19.8. The molecule has 3 atom stereocenters. The number of hydrogen-bond acceptors (Lipinski definition) is 10. The maximum atomic E-state index is 11.7. The van der Waals surface area contributed by atoms with Gasteiger partial charge in [-0.25, -0.2) is 4.98 Å². The molecule has 1 saturated heterocycles. The second-order valence-electron chi connectivity index (χ2n) is 8.09. The highest BCUT2D eigenvalue weighted by atomic mass is 79.9. The number of amides is 1. The minimum atomic E-state index is -0.676. The Morgan fingerprint density at radius 2 is 1.89 bits per heavy atom. The first-order valence-corrected chi connectivity index (χ1v) is 11.8. The van der Waals surface area contributed by atoms with E-state index in [9.17, 15) is 14.4 Å². The summed E-state index contributed by atoms with van der Waals surface area (Å²) in [6.45, 7) is 4.06. The van der Waals surface area contributed by atoms with Crippen LogP contribution in [0.1, 0.15) is 39.0 Å². The van der Waals surface area contributed by atoms with E-state index in [1.165, 1.54) is 27.1 Å². The molecule has 3 heterocycles. The number of nitrogens with one attached hydrogen (secondary N) is 1. The molecule has 1 aliphatic rings. The van der Waals surface area contributed by atoms with Gasteiger partial charge in [0.2, 0.25) is 17.7 Å². The van der Waals surface area contributed by atoms with Crippen LogP contribution in [-0.2, 0) is 35.2 Å². The van der Waals surface area contributed by atoms with Gasteiger partial charge in [-0.3, -0.25) is 24.3 Å². The number of halogens is 1. The molecule has 0 bridgehead atoms. The fourth-order valence-corrected chi connectivity index (χ4v) is 3.97. The number of carbonyl (C=O) groups is 3. The van der Waals surface area contributed by atoms with Gasteiger partial charge in [0.25, 0.3) is 0 Å². The van der Waals surface area contributed by atoms with Gasteiger partial charge in [-0.05, 0) is 17.7 Å². The number of carbonyl (C=O) groups excluding carboxylic acids is 3. The lowest BCUT2D eigenvalue weighted by Crippen LogP contribution is -2.31. The number of ether oxygens (including phenoxy) is 4. The van der Waals surface area contributed by atoms with Gasteiger partial charge in [0.15, 0.2) is 11.2 Å². The molecule has 0 unspecified atom stereocenters. The zero-order valence-corrected chi connectivity index (χ0v) is 21.4. The van der Waals surface area contributed by atoms with E-state index in [-0.39, 0.29) is 37.4 Å². The summed E-state index contributed by atoms with van der Waals surface area (Å²) in [4.78, 5) is 47.7. The van der Waals surface area contributed by atoms with Crippen molar-refractivity contribution in [2.45, 2.75) is 52.2 Å². The first kappa shape index (κ1) is 25.5. The Balaban J connectivity index is 1.64. The van der Waals surface area contributed by atoms with Gasteiger partial charge in [-0.1, -0.05) is 28.1 Å². The van der Waals surface area contributed by atoms with E-state index in [2.05, 4.69) is 36.2 Å². The van der Waals surface area contributed by atoms with Crippen molar-refractivity contribution in [3.8, 4) is 5.88 Å². The maximum Gasteiger partial charge on any atom is 0.303 e. The zero-order chi connectivity index (χ0) is 25.8. The van der Waals surface area contributed by atoms with Crippen molar-refractivity contribution >= 4 is 50.9 Å². The summed E-state index contributed by atoms with van der Waals surface area (Å²) in [5.41, 5.74) is 1.61. The second kappa shape index (κ2) is 11.0. The summed E-state index contributed by atoms with van der Waals surface area (Å²) in [6, 6.07) is 7.60. The van der Waals surface area contributed by atoms with Crippen LogP contribution in [0.4, 0.5) is 5.95 Å². The molecule has 2 aromatic heterocycles. The Morgan fingerprint density at radius 3 is 2.56 bits per heavy atom. The smallest absolute Gasteiger partial charge is 0.303 e. The first-order chi connectivity index (χ1) is 17.2. The fourth-order valence-electron chi connectivity index (χ4n) is 3.71. The second-order valence-corrected chi connectivity index (χ2v) is 9.00. The van der Waals surface area contributed by atoms with Crippen LogP contribution in [-0.4, -0.2) is 56.2 Å². The monoisotopic (exact) mass is 561 g/mol. The van der Waals surface area contributed by atoms with Crippen molar-refractivity contribution in [2.24, 2.45) is 0 Å². The van der Waals surface area contributed by atoms with Crippen LogP contribution >= 0.6 is 15.9 Å². The molecule has 1 N–H and O–H groups in total. The summed E-state index contributed by atoms with van der Waals surface area (Å²) in [5, 5.41) is 2.57. The minimum Gasteiger partial charge on any atom is -0.471 e. The molecule has 3 aromatic rings. The highest BCUT2D eigenvalue weighted by molar-refractivity contribution is 9.10. The highest BCUT2D eigenvalue weighted by Gasteiger charge is 2.40. The van der Waals surface area contributed by atoms with E-state index in [0.29, 0.717) is 11.2 Å². The lowest BCUT2D eigenvalue weighted by molar-refractivity contribution is -0.155. The van der Waals surface area contributed by atoms with E-state index in [1.54, 1.807) is 4.57 Å². The summed E-state index contributed by atoms with van der Waals surface area (Å²) in [7, 11) is 0. The Morgan fingerprint density at radius 1 is 1.14 bits per heavy atom. The molecule has 4 rings (SSSR count). The number of benzene rings is 1. The van der Waals surface area contributed by atoms with Crippen LogP contribution in [0, 0.1) is 0 Å². The lowest BCUT2D eigenvalue weighted by Gasteiger charge is -2.17. The van der Waals surface area contributed by atoms with Crippen molar-refractivity contribution < 1.29 is 33.3 Å². The van der Waals surface area contributed by atoms with Crippen LogP contribution in [0.5, 0.6) is 5.88 Å². The maximum absolute atomic E-state index is 11.7. The molecule has 0 spiro atoms. The molecule has 190 valence electrons. The number of aromatic nitrogens is 4. The molecule has 1 amide bonds. The van der Waals surface area contributed by atoms with E-state index >= 15 is 0 Å². The highest BCUT2D eigenvalue weighted by Crippen LogP contribution is 2.34. The summed E-state index contributed by atoms with van der Waals surface area (Å²) >= 11 is 3.40. The lowest BCUT2D eigenvalue weighted by atomic mass is 10.2. The van der Waals surface area contributed by atoms with Crippen LogP contribution in [0.2, 0.25) is 0 Å². The average molecular weight is 562 g/mol. The van der Waals surface area contributed by atoms with Crippen LogP contribution in [0.15, 0.2) is 35.1 Å². The molecule has 12 nitrogen and oxygen atoms in total. The van der Waals surface area contributed by atoms with Gasteiger partial charge in [0, 0.05) is 31.7 Å². The minimum absolute atomic E-state index is 0.0357. The fraction of sp³-hybridized carbons (Fsp3) is 0.391. The molecule has 13 heteroatoms. The summed E-state index contributed by atoms with van der Waals surface area (Å²) < 4.78 is 25.0. The SMILES string of the molecule is CC(=O)Nc1nc(OCc2ccc(Br)cc2)c2ncn([C@H]3C[C@H](OC(C)=O)[C@@H](COC(C)=O)O3)c2n1. The number of nitrogens with zero attached hydrogens (tertiary/aromatic N) is 4. The third-order valence-electron chi connectivity index (χ3n) is 5.23. The van der Waals surface area contributed by atoms with E-state index in [0.717, 1.165) is 10.0 Å². The normalized spacial score (nSPS) is 19.2. The largest absolute Gasteiger partial charge is 0.471 e. The molecule has 1 aromatic carbocycles. The summed E-state index contributed by atoms with van der Waals surface area (Å²) in [6.07, 6.45) is -0.183. The topological polar surface area (TPSA) is 144 Å². The van der Waals surface area contributed by atoms with E-state index in [1.807, 2.05) is 24.3 Å². The number of hydrogen-bond donors (Lipinski definition) is 1. The van der Waals surface area contributed by atoms with Crippen LogP contribution in [0.3, 0.4) is 0 Å². The van der Waals surface area contributed by atoms with Crippen LogP contribution < -0.4 is 10.1 Å². The number of anilines is 1. The van der Waals surface area contributed by atoms with E-state index < -0.39 is 30.4 Å². The number of imidazole rings is 1. The first-order valence-electron chi connectivity index (χ1n) is 11.0. The molecule has 36 heavy (non-hydrogen) atoms. The van der Waals surface area contributed by atoms with Gasteiger partial charge in [-0.15, -0.1) is 0 Å². The Hall–Kier alpha value is -3.58. The van der Waals surface area contributed by atoms with Gasteiger partial charge in [0.1, 0.15) is 31.6 Å². The molecule has 0 radical (unpaired) electrons. The standard InChI is InChI=1S/C23H24BrN5O7/c1-12(30)26-23-27-21-20(22(28-23)34-9-15-4-6-16(24)7-5-15)25-11-29(21)19-8-17(35-14(3)32)18(36-19)10-33-13(2)31/h4-7,11,17-19H,8-10H2,1-3H3,(H,26,27,28,30)/t17-,18+,19+/m0/s1. The van der Waals surface area contributed by atoms with Gasteiger partial charge < -0.3 is 18.9 Å². The number of rotatable bonds is 8. The van der Waals surface area contributed by atoms with Gasteiger partial charge in [-0.2, -0.15) is 9.97 Å². The quantitative estimate of drug-likeness (QED) is 0.407.